The van der Waals surface area contributed by atoms with Crippen LogP contribution < -0.4 is 10.1 Å². The first-order valence-corrected chi connectivity index (χ1v) is 8.39. The smallest absolute Gasteiger partial charge is 0.260 e. The molecule has 0 radical (unpaired) electrons. The topological polar surface area (TPSA) is 41.6 Å². The molecule has 1 aromatic carbocycles. The third-order valence-electron chi connectivity index (χ3n) is 4.01. The molecular formula is C16H23BrClFN2O2. The van der Waals surface area contributed by atoms with Crippen LogP contribution in [0.15, 0.2) is 22.7 Å². The molecule has 23 heavy (non-hydrogen) atoms. The van der Waals surface area contributed by atoms with E-state index in [2.05, 4.69) is 21.2 Å². The number of hydrogen-bond acceptors (Lipinski definition) is 3. The van der Waals surface area contributed by atoms with Crippen LogP contribution in [-0.4, -0.2) is 44.1 Å². The predicted molar refractivity (Wildman–Crippen MR) is 94.7 cm³/mol. The molecule has 130 valence electrons. The highest BCUT2D eigenvalue weighted by atomic mass is 79.9. The van der Waals surface area contributed by atoms with Crippen LogP contribution in [0.2, 0.25) is 0 Å². The minimum Gasteiger partial charge on any atom is -0.483 e. The van der Waals surface area contributed by atoms with Crippen LogP contribution in [0.1, 0.15) is 19.3 Å². The van der Waals surface area contributed by atoms with Crippen molar-refractivity contribution in [2.75, 3.05) is 33.3 Å². The molecule has 1 amide bonds. The van der Waals surface area contributed by atoms with E-state index in [1.807, 2.05) is 11.9 Å². The molecule has 1 aliphatic rings. The maximum Gasteiger partial charge on any atom is 0.260 e. The minimum absolute atomic E-state index is 0. The molecule has 0 bridgehead atoms. The Labute approximate surface area is 151 Å². The van der Waals surface area contributed by atoms with Crippen LogP contribution in [0.4, 0.5) is 4.39 Å². The summed E-state index contributed by atoms with van der Waals surface area (Å²) in [7, 11) is 1.96. The van der Waals surface area contributed by atoms with Crippen molar-refractivity contribution in [1.29, 1.82) is 0 Å². The summed E-state index contributed by atoms with van der Waals surface area (Å²) in [6.45, 7) is 2.61. The van der Waals surface area contributed by atoms with E-state index in [0.717, 1.165) is 38.9 Å². The molecule has 7 heteroatoms. The highest BCUT2D eigenvalue weighted by molar-refractivity contribution is 9.10. The second-order valence-corrected chi connectivity index (χ2v) is 6.43. The van der Waals surface area contributed by atoms with Gasteiger partial charge < -0.3 is 15.0 Å². The highest BCUT2D eigenvalue weighted by Gasteiger charge is 2.22. The van der Waals surface area contributed by atoms with Gasteiger partial charge in [-0.1, -0.05) is 0 Å². The number of halogens is 3. The number of benzene rings is 1. The maximum absolute atomic E-state index is 13.0. The summed E-state index contributed by atoms with van der Waals surface area (Å²) in [5.74, 6) is 0.833. The van der Waals surface area contributed by atoms with Gasteiger partial charge in [-0.05, 0) is 72.9 Å². The van der Waals surface area contributed by atoms with Crippen molar-refractivity contribution in [3.8, 4) is 5.75 Å². The first-order valence-electron chi connectivity index (χ1n) is 7.60. The molecule has 1 heterocycles. The Morgan fingerprint density at radius 3 is 2.74 bits per heavy atom. The first-order chi connectivity index (χ1) is 10.6. The van der Waals surface area contributed by atoms with Gasteiger partial charge in [0.05, 0.1) is 4.47 Å². The number of carbonyl (C=O) groups is 1. The normalized spacial score (nSPS) is 15.2. The standard InChI is InChI=1S/C16H22BrFN2O2.ClH/c1-19-7-4-12-5-8-20(9-6-12)16(21)11-22-15-3-2-13(18)10-14(15)17;/h2-3,10,12,19H,4-9,11H2,1H3;1H. The summed E-state index contributed by atoms with van der Waals surface area (Å²) >= 11 is 3.23. The number of rotatable bonds is 6. The number of piperidine rings is 1. The van der Waals surface area contributed by atoms with Crippen molar-refractivity contribution in [1.82, 2.24) is 10.2 Å². The van der Waals surface area contributed by atoms with Crippen molar-refractivity contribution >= 4 is 34.2 Å². The van der Waals surface area contributed by atoms with Gasteiger partial charge in [-0.15, -0.1) is 12.4 Å². The summed E-state index contributed by atoms with van der Waals surface area (Å²) < 4.78 is 19.0. The number of likely N-dealkylation sites (tertiary alicyclic amines) is 1. The quantitative estimate of drug-likeness (QED) is 0.784. The Balaban J connectivity index is 0.00000264. The number of carbonyl (C=O) groups excluding carboxylic acids is 1. The van der Waals surface area contributed by atoms with Crippen LogP contribution in [0.3, 0.4) is 0 Å². The Bertz CT molecular complexity index is 511. The molecule has 0 saturated carbocycles. The van der Waals surface area contributed by atoms with Crippen molar-refractivity contribution in [3.63, 3.8) is 0 Å². The van der Waals surface area contributed by atoms with E-state index < -0.39 is 0 Å². The van der Waals surface area contributed by atoms with Gasteiger partial charge in [0.1, 0.15) is 11.6 Å². The molecule has 0 unspecified atom stereocenters. The molecule has 1 fully saturated rings. The van der Waals surface area contributed by atoms with E-state index in [1.165, 1.54) is 18.2 Å². The van der Waals surface area contributed by atoms with Gasteiger partial charge >= 0.3 is 0 Å². The van der Waals surface area contributed by atoms with Crippen molar-refractivity contribution in [2.45, 2.75) is 19.3 Å². The average molecular weight is 410 g/mol. The fourth-order valence-electron chi connectivity index (χ4n) is 2.64. The van der Waals surface area contributed by atoms with Gasteiger partial charge in [0.15, 0.2) is 6.61 Å². The summed E-state index contributed by atoms with van der Waals surface area (Å²) in [5, 5.41) is 3.16. The van der Waals surface area contributed by atoms with Crippen molar-refractivity contribution in [3.05, 3.63) is 28.5 Å². The second kappa shape index (κ2) is 10.1. The predicted octanol–water partition coefficient (Wildman–Crippen LogP) is 3.24. The lowest BCUT2D eigenvalue weighted by Gasteiger charge is -2.32. The molecule has 0 atom stereocenters. The summed E-state index contributed by atoms with van der Waals surface area (Å²) in [6, 6.07) is 4.17. The number of amides is 1. The van der Waals surface area contributed by atoms with Crippen LogP contribution in [-0.2, 0) is 4.79 Å². The van der Waals surface area contributed by atoms with Gasteiger partial charge in [-0.2, -0.15) is 0 Å². The molecule has 0 spiro atoms. The highest BCUT2D eigenvalue weighted by Crippen LogP contribution is 2.26. The van der Waals surface area contributed by atoms with Gasteiger partial charge in [-0.25, -0.2) is 4.39 Å². The Hall–Kier alpha value is -0.850. The molecule has 1 aromatic rings. The zero-order valence-electron chi connectivity index (χ0n) is 13.2. The lowest BCUT2D eigenvalue weighted by molar-refractivity contribution is -0.134. The molecule has 1 saturated heterocycles. The van der Waals surface area contributed by atoms with Crippen LogP contribution in [0, 0.1) is 11.7 Å². The molecule has 1 N–H and O–H groups in total. The van der Waals surface area contributed by atoms with E-state index >= 15 is 0 Å². The molecular weight excluding hydrogens is 387 g/mol. The van der Waals surface area contributed by atoms with E-state index in [1.54, 1.807) is 0 Å². The van der Waals surface area contributed by atoms with E-state index in [4.69, 9.17) is 4.74 Å². The monoisotopic (exact) mass is 408 g/mol. The summed E-state index contributed by atoms with van der Waals surface area (Å²) in [4.78, 5) is 14.0. The maximum atomic E-state index is 13.0. The zero-order valence-corrected chi connectivity index (χ0v) is 15.6. The molecule has 1 aliphatic heterocycles. The fourth-order valence-corrected chi connectivity index (χ4v) is 3.11. The van der Waals surface area contributed by atoms with Crippen molar-refractivity contribution < 1.29 is 13.9 Å². The Morgan fingerprint density at radius 2 is 2.13 bits per heavy atom. The molecule has 0 aromatic heterocycles. The van der Waals surface area contributed by atoms with Gasteiger partial charge in [0, 0.05) is 13.1 Å². The number of hydrogen-bond donors (Lipinski definition) is 1. The third kappa shape index (κ3) is 6.28. The largest absolute Gasteiger partial charge is 0.483 e. The molecule has 4 nitrogen and oxygen atoms in total. The van der Waals surface area contributed by atoms with Crippen LogP contribution in [0.25, 0.3) is 0 Å². The van der Waals surface area contributed by atoms with Gasteiger partial charge in [-0.3, -0.25) is 4.79 Å². The fraction of sp³-hybridized carbons (Fsp3) is 0.562. The number of nitrogens with one attached hydrogen (secondary N) is 1. The van der Waals surface area contributed by atoms with E-state index in [-0.39, 0.29) is 30.7 Å². The molecule has 2 rings (SSSR count). The van der Waals surface area contributed by atoms with Gasteiger partial charge in [0.25, 0.3) is 5.91 Å². The average Bonchev–Trinajstić information content (AvgIpc) is 2.52. The zero-order chi connectivity index (χ0) is 15.9. The van der Waals surface area contributed by atoms with Gasteiger partial charge in [0.2, 0.25) is 0 Å². The molecule has 0 aliphatic carbocycles. The second-order valence-electron chi connectivity index (χ2n) is 5.58. The van der Waals surface area contributed by atoms with E-state index in [0.29, 0.717) is 16.1 Å². The minimum atomic E-state index is -0.339. The first kappa shape index (κ1) is 20.2. The Morgan fingerprint density at radius 1 is 1.43 bits per heavy atom. The number of ether oxygens (including phenoxy) is 1. The van der Waals surface area contributed by atoms with E-state index in [9.17, 15) is 9.18 Å². The lowest BCUT2D eigenvalue weighted by atomic mass is 9.93. The Kier molecular flexibility index (Phi) is 8.87. The van der Waals surface area contributed by atoms with Crippen LogP contribution in [0.5, 0.6) is 5.75 Å². The lowest BCUT2D eigenvalue weighted by Crippen LogP contribution is -2.41. The van der Waals surface area contributed by atoms with Crippen molar-refractivity contribution in [2.24, 2.45) is 5.92 Å². The summed E-state index contributed by atoms with van der Waals surface area (Å²) in [5.41, 5.74) is 0. The van der Waals surface area contributed by atoms with Crippen LogP contribution >= 0.6 is 28.3 Å². The number of nitrogens with zero attached hydrogens (tertiary/aromatic N) is 1. The SMILES string of the molecule is CNCCC1CCN(C(=O)COc2ccc(F)cc2Br)CC1.Cl. The third-order valence-corrected chi connectivity index (χ3v) is 4.63. The summed E-state index contributed by atoms with van der Waals surface area (Å²) in [6.07, 6.45) is 3.26.